The van der Waals surface area contributed by atoms with Crippen molar-refractivity contribution in [3.05, 3.63) is 59.7 Å². The third-order valence-corrected chi connectivity index (χ3v) is 3.80. The third-order valence-electron chi connectivity index (χ3n) is 3.80. The SMILES string of the molecule is CC(C)c1ccc(CN2C(=O)COc3ccccc32)cc1. The molecule has 2 aromatic rings. The van der Waals surface area contributed by atoms with Crippen LogP contribution in [0.25, 0.3) is 0 Å². The number of carbonyl (C=O) groups is 1. The Balaban J connectivity index is 1.85. The zero-order valence-electron chi connectivity index (χ0n) is 12.4. The van der Waals surface area contributed by atoms with Crippen molar-refractivity contribution in [2.24, 2.45) is 0 Å². The van der Waals surface area contributed by atoms with Crippen molar-refractivity contribution in [2.75, 3.05) is 11.5 Å². The fourth-order valence-electron chi connectivity index (χ4n) is 2.52. The number of anilines is 1. The van der Waals surface area contributed by atoms with Gasteiger partial charge in [0.05, 0.1) is 12.2 Å². The van der Waals surface area contributed by atoms with Gasteiger partial charge in [-0.25, -0.2) is 0 Å². The molecular weight excluding hydrogens is 262 g/mol. The summed E-state index contributed by atoms with van der Waals surface area (Å²) in [5, 5.41) is 0. The van der Waals surface area contributed by atoms with Crippen LogP contribution in [0, 0.1) is 0 Å². The summed E-state index contributed by atoms with van der Waals surface area (Å²) in [6, 6.07) is 16.1. The van der Waals surface area contributed by atoms with Crippen molar-refractivity contribution in [1.82, 2.24) is 0 Å². The van der Waals surface area contributed by atoms with E-state index >= 15 is 0 Å². The number of amides is 1. The molecule has 108 valence electrons. The van der Waals surface area contributed by atoms with Crippen molar-refractivity contribution < 1.29 is 9.53 Å². The number of ether oxygens (including phenoxy) is 1. The first-order chi connectivity index (χ1) is 10.1. The molecular formula is C18H19NO2. The van der Waals surface area contributed by atoms with E-state index in [4.69, 9.17) is 4.74 Å². The van der Waals surface area contributed by atoms with Gasteiger partial charge in [0, 0.05) is 0 Å². The molecule has 1 aliphatic heterocycles. The minimum atomic E-state index is 0.00151. The van der Waals surface area contributed by atoms with E-state index < -0.39 is 0 Å². The molecule has 1 amide bonds. The van der Waals surface area contributed by atoms with Crippen molar-refractivity contribution in [3.8, 4) is 5.75 Å². The second-order valence-electron chi connectivity index (χ2n) is 5.63. The average molecular weight is 281 g/mol. The first-order valence-electron chi connectivity index (χ1n) is 7.26. The molecule has 3 nitrogen and oxygen atoms in total. The van der Waals surface area contributed by atoms with Crippen molar-refractivity contribution in [3.63, 3.8) is 0 Å². The average Bonchev–Trinajstić information content (AvgIpc) is 2.51. The van der Waals surface area contributed by atoms with Crippen LogP contribution in [0.1, 0.15) is 30.9 Å². The van der Waals surface area contributed by atoms with Crippen molar-refractivity contribution in [2.45, 2.75) is 26.3 Å². The second kappa shape index (κ2) is 5.60. The van der Waals surface area contributed by atoms with Crippen molar-refractivity contribution >= 4 is 11.6 Å². The topological polar surface area (TPSA) is 29.5 Å². The van der Waals surface area contributed by atoms with E-state index in [1.807, 2.05) is 24.3 Å². The molecule has 0 fully saturated rings. The number of hydrogen-bond acceptors (Lipinski definition) is 2. The third kappa shape index (κ3) is 2.77. The highest BCUT2D eigenvalue weighted by Gasteiger charge is 2.24. The number of para-hydroxylation sites is 2. The monoisotopic (exact) mass is 281 g/mol. The van der Waals surface area contributed by atoms with Gasteiger partial charge in [-0.15, -0.1) is 0 Å². The summed E-state index contributed by atoms with van der Waals surface area (Å²) >= 11 is 0. The Morgan fingerprint density at radius 3 is 2.52 bits per heavy atom. The first-order valence-corrected chi connectivity index (χ1v) is 7.26. The van der Waals surface area contributed by atoms with Gasteiger partial charge in [-0.3, -0.25) is 4.79 Å². The van der Waals surface area contributed by atoms with Gasteiger partial charge in [-0.2, -0.15) is 0 Å². The molecule has 2 aromatic carbocycles. The minimum Gasteiger partial charge on any atom is -0.482 e. The molecule has 0 N–H and O–H groups in total. The van der Waals surface area contributed by atoms with Gasteiger partial charge in [0.15, 0.2) is 6.61 Å². The van der Waals surface area contributed by atoms with E-state index in [0.717, 1.165) is 17.0 Å². The quantitative estimate of drug-likeness (QED) is 0.857. The van der Waals surface area contributed by atoms with Crippen LogP contribution in [0.4, 0.5) is 5.69 Å². The Morgan fingerprint density at radius 1 is 1.10 bits per heavy atom. The van der Waals surface area contributed by atoms with Crippen LogP contribution in [-0.2, 0) is 11.3 Å². The highest BCUT2D eigenvalue weighted by Crippen LogP contribution is 2.32. The number of fused-ring (bicyclic) bond motifs is 1. The molecule has 3 heteroatoms. The molecule has 0 aliphatic carbocycles. The summed E-state index contributed by atoms with van der Waals surface area (Å²) in [4.78, 5) is 13.9. The van der Waals surface area contributed by atoms with Crippen LogP contribution in [0.5, 0.6) is 5.75 Å². The van der Waals surface area contributed by atoms with Crippen molar-refractivity contribution in [1.29, 1.82) is 0 Å². The van der Waals surface area contributed by atoms with Crippen LogP contribution < -0.4 is 9.64 Å². The van der Waals surface area contributed by atoms with Gasteiger partial charge >= 0.3 is 0 Å². The Kier molecular flexibility index (Phi) is 3.65. The molecule has 0 radical (unpaired) electrons. The molecule has 0 atom stereocenters. The number of carbonyl (C=O) groups excluding carboxylic acids is 1. The maximum absolute atomic E-state index is 12.1. The molecule has 0 unspecified atom stereocenters. The predicted octanol–water partition coefficient (Wildman–Crippen LogP) is 3.74. The summed E-state index contributed by atoms with van der Waals surface area (Å²) in [6.45, 7) is 5.05. The standard InChI is InChI=1S/C18H19NO2/c1-13(2)15-9-7-14(8-10-15)11-19-16-5-3-4-6-17(16)21-12-18(19)20/h3-10,13H,11-12H2,1-2H3. The molecule has 1 heterocycles. The summed E-state index contributed by atoms with van der Waals surface area (Å²) in [5.74, 6) is 1.29. The zero-order valence-corrected chi connectivity index (χ0v) is 12.4. The number of nitrogens with zero attached hydrogens (tertiary/aromatic N) is 1. The predicted molar refractivity (Wildman–Crippen MR) is 83.7 cm³/mol. The lowest BCUT2D eigenvalue weighted by molar-refractivity contribution is -0.121. The minimum absolute atomic E-state index is 0.00151. The Morgan fingerprint density at radius 2 is 1.81 bits per heavy atom. The van der Waals surface area contributed by atoms with Crippen LogP contribution in [-0.4, -0.2) is 12.5 Å². The summed E-state index contributed by atoms with van der Waals surface area (Å²) in [6.07, 6.45) is 0. The second-order valence-corrected chi connectivity index (χ2v) is 5.63. The van der Waals surface area contributed by atoms with E-state index in [1.54, 1.807) is 4.90 Å². The van der Waals surface area contributed by atoms with Gasteiger partial charge in [-0.05, 0) is 29.2 Å². The zero-order chi connectivity index (χ0) is 14.8. The first kappa shape index (κ1) is 13.7. The normalized spacial score (nSPS) is 14.0. The molecule has 0 saturated carbocycles. The van der Waals surface area contributed by atoms with Gasteiger partial charge in [0.1, 0.15) is 5.75 Å². The molecule has 21 heavy (non-hydrogen) atoms. The van der Waals surface area contributed by atoms with E-state index in [2.05, 4.69) is 38.1 Å². The largest absolute Gasteiger partial charge is 0.482 e. The number of rotatable bonds is 3. The summed E-state index contributed by atoms with van der Waals surface area (Å²) in [7, 11) is 0. The number of hydrogen-bond donors (Lipinski definition) is 0. The maximum atomic E-state index is 12.1. The molecule has 3 rings (SSSR count). The van der Waals surface area contributed by atoms with E-state index in [0.29, 0.717) is 12.5 Å². The summed E-state index contributed by atoms with van der Waals surface area (Å²) < 4.78 is 5.46. The molecule has 1 aliphatic rings. The van der Waals surface area contributed by atoms with Crippen LogP contribution in [0.3, 0.4) is 0 Å². The fraction of sp³-hybridized carbons (Fsp3) is 0.278. The van der Waals surface area contributed by atoms with Gasteiger partial charge in [0.2, 0.25) is 0 Å². The molecule has 0 saturated heterocycles. The lowest BCUT2D eigenvalue weighted by Crippen LogP contribution is -2.38. The molecule has 0 aromatic heterocycles. The lowest BCUT2D eigenvalue weighted by Gasteiger charge is -2.29. The molecule has 0 spiro atoms. The Labute approximate surface area is 125 Å². The highest BCUT2D eigenvalue weighted by molar-refractivity contribution is 5.97. The van der Waals surface area contributed by atoms with E-state index in [9.17, 15) is 4.79 Å². The smallest absolute Gasteiger partial charge is 0.265 e. The van der Waals surface area contributed by atoms with Crippen LogP contribution in [0.15, 0.2) is 48.5 Å². The van der Waals surface area contributed by atoms with Gasteiger partial charge in [-0.1, -0.05) is 50.2 Å². The van der Waals surface area contributed by atoms with Crippen LogP contribution >= 0.6 is 0 Å². The van der Waals surface area contributed by atoms with E-state index in [1.165, 1.54) is 5.56 Å². The highest BCUT2D eigenvalue weighted by atomic mass is 16.5. The van der Waals surface area contributed by atoms with Gasteiger partial charge in [0.25, 0.3) is 5.91 Å². The Bertz CT molecular complexity index is 647. The summed E-state index contributed by atoms with van der Waals surface area (Å²) in [5.41, 5.74) is 3.29. The molecule has 0 bridgehead atoms. The number of benzene rings is 2. The lowest BCUT2D eigenvalue weighted by atomic mass is 10.0. The fourth-order valence-corrected chi connectivity index (χ4v) is 2.52. The van der Waals surface area contributed by atoms with Crippen LogP contribution in [0.2, 0.25) is 0 Å². The van der Waals surface area contributed by atoms with E-state index in [-0.39, 0.29) is 12.5 Å². The maximum Gasteiger partial charge on any atom is 0.265 e. The van der Waals surface area contributed by atoms with Gasteiger partial charge < -0.3 is 9.64 Å². The Hall–Kier alpha value is -2.29.